The Balaban J connectivity index is 0.00000288. The summed E-state index contributed by atoms with van der Waals surface area (Å²) in [5, 5.41) is 29.4. The molecule has 0 saturated heterocycles. The maximum atomic E-state index is 11.3. The van der Waals surface area contributed by atoms with E-state index in [1.807, 2.05) is 0 Å². The zero-order chi connectivity index (χ0) is 17.2. The van der Waals surface area contributed by atoms with Gasteiger partial charge in [-0.1, -0.05) is 23.4 Å². The maximum absolute atomic E-state index is 11.3. The first kappa shape index (κ1) is 24.5. The number of hydrogen-bond acceptors (Lipinski definition) is 7. The molecule has 0 aliphatic carbocycles. The summed E-state index contributed by atoms with van der Waals surface area (Å²) >= 11 is 5.83. The van der Waals surface area contributed by atoms with Crippen molar-refractivity contribution in [2.75, 3.05) is 0 Å². The van der Waals surface area contributed by atoms with Crippen LogP contribution in [-0.2, 0) is 10.1 Å². The van der Waals surface area contributed by atoms with Crippen molar-refractivity contribution in [1.29, 1.82) is 0 Å². The standard InChI is InChI=1S/C13H9ClN2O6S.2Na/c14-10-6-8(23(20,21)22)2-3-11(10)16-15-7-1-4-12(17)9(5-7)13(18)19;;/h1-6,17H,(H,18,19)(H,20,21,22);;/q;2*+1/p-2. The number of rotatable bonds is 4. The van der Waals surface area contributed by atoms with E-state index in [9.17, 15) is 23.4 Å². The molecule has 0 aliphatic heterocycles. The van der Waals surface area contributed by atoms with Crippen LogP contribution in [0.3, 0.4) is 0 Å². The van der Waals surface area contributed by atoms with E-state index in [4.69, 9.17) is 16.2 Å². The summed E-state index contributed by atoms with van der Waals surface area (Å²) in [6, 6.07) is 6.50. The summed E-state index contributed by atoms with van der Waals surface area (Å²) in [6.07, 6.45) is 0. The van der Waals surface area contributed by atoms with Crippen LogP contribution in [0.2, 0.25) is 5.02 Å². The summed E-state index contributed by atoms with van der Waals surface area (Å²) in [4.78, 5) is 10.3. The van der Waals surface area contributed by atoms with Crippen LogP contribution in [0.15, 0.2) is 51.5 Å². The van der Waals surface area contributed by atoms with Crippen molar-refractivity contribution >= 4 is 39.1 Å². The van der Waals surface area contributed by atoms with Gasteiger partial charge in [0, 0.05) is 0 Å². The Bertz CT molecular complexity index is 921. The van der Waals surface area contributed by atoms with E-state index in [1.165, 1.54) is 12.1 Å². The van der Waals surface area contributed by atoms with Crippen LogP contribution in [0, 0.1) is 0 Å². The van der Waals surface area contributed by atoms with Crippen LogP contribution in [0.4, 0.5) is 11.4 Å². The predicted molar refractivity (Wildman–Crippen MR) is 75.7 cm³/mol. The van der Waals surface area contributed by atoms with E-state index < -0.39 is 32.3 Å². The van der Waals surface area contributed by atoms with E-state index in [0.717, 1.165) is 24.3 Å². The first-order valence-corrected chi connectivity index (χ1v) is 7.71. The molecule has 0 unspecified atom stereocenters. The molecular weight excluding hydrogens is 394 g/mol. The number of hydrogen-bond donors (Lipinski definition) is 1. The van der Waals surface area contributed by atoms with Crippen LogP contribution in [-0.4, -0.2) is 18.9 Å². The fourth-order valence-corrected chi connectivity index (χ4v) is 2.37. The van der Waals surface area contributed by atoms with E-state index in [2.05, 4.69) is 10.2 Å². The molecule has 25 heavy (non-hydrogen) atoms. The number of nitrogens with zero attached hydrogens (tertiary/aromatic N) is 2. The van der Waals surface area contributed by atoms with Crippen molar-refractivity contribution in [3.63, 3.8) is 0 Å². The van der Waals surface area contributed by atoms with Crippen molar-refractivity contribution in [3.05, 3.63) is 47.0 Å². The Hall–Kier alpha value is -0.490. The third-order valence-electron chi connectivity index (χ3n) is 2.67. The zero-order valence-corrected chi connectivity index (χ0v) is 18.7. The molecule has 0 saturated carbocycles. The summed E-state index contributed by atoms with van der Waals surface area (Å²) in [5.74, 6) is -2.36. The van der Waals surface area contributed by atoms with Gasteiger partial charge in [-0.2, -0.15) is 13.5 Å². The number of carboxylic acids is 1. The van der Waals surface area contributed by atoms with Crippen molar-refractivity contribution in [2.45, 2.75) is 4.90 Å². The van der Waals surface area contributed by atoms with E-state index >= 15 is 0 Å². The van der Waals surface area contributed by atoms with Crippen LogP contribution in [0.5, 0.6) is 5.75 Å². The van der Waals surface area contributed by atoms with Crippen LogP contribution < -0.4 is 69.3 Å². The Kier molecular flexibility index (Phi) is 9.81. The molecule has 0 amide bonds. The molecule has 0 fully saturated rings. The Morgan fingerprint density at radius 3 is 2.24 bits per heavy atom. The number of carbonyl (C=O) groups is 1. The first-order chi connectivity index (χ1) is 10.7. The molecule has 2 aromatic rings. The van der Waals surface area contributed by atoms with E-state index in [-0.39, 0.29) is 75.5 Å². The third kappa shape index (κ3) is 6.63. The van der Waals surface area contributed by atoms with Gasteiger partial charge in [0.2, 0.25) is 0 Å². The summed E-state index contributed by atoms with van der Waals surface area (Å²) in [5.41, 5.74) is -0.409. The molecule has 2 aromatic carbocycles. The first-order valence-electron chi connectivity index (χ1n) is 5.89. The van der Waals surface area contributed by atoms with Gasteiger partial charge in [-0.3, -0.25) is 4.55 Å². The number of benzene rings is 2. The SMILES string of the molecule is O=C([O-])c1cc(N=Nc2ccc(S(=O)(=O)O)cc2Cl)ccc1[O-].[Na+].[Na+]. The Morgan fingerprint density at radius 1 is 1.08 bits per heavy atom. The van der Waals surface area contributed by atoms with Gasteiger partial charge in [-0.05, 0) is 35.9 Å². The van der Waals surface area contributed by atoms with Crippen LogP contribution in [0.1, 0.15) is 10.4 Å². The molecule has 8 nitrogen and oxygen atoms in total. The fraction of sp³-hybridized carbons (Fsp3) is 0. The molecular formula is C13H7ClN2Na2O6S. The zero-order valence-electron chi connectivity index (χ0n) is 13.1. The monoisotopic (exact) mass is 400 g/mol. The molecule has 12 heteroatoms. The second kappa shape index (κ2) is 10.0. The molecule has 0 aromatic heterocycles. The number of halogens is 1. The maximum Gasteiger partial charge on any atom is 1.00 e. The largest absolute Gasteiger partial charge is 1.00 e. The van der Waals surface area contributed by atoms with Crippen molar-refractivity contribution in [2.24, 2.45) is 10.2 Å². The molecule has 1 N–H and O–H groups in total. The second-order valence-electron chi connectivity index (χ2n) is 4.26. The molecule has 0 bridgehead atoms. The topological polar surface area (TPSA) is 142 Å². The van der Waals surface area contributed by atoms with E-state index in [1.54, 1.807) is 0 Å². The third-order valence-corrected chi connectivity index (χ3v) is 3.83. The van der Waals surface area contributed by atoms with Gasteiger partial charge < -0.3 is 15.0 Å². The Labute approximate surface area is 192 Å². The van der Waals surface area contributed by atoms with Crippen LogP contribution in [0.25, 0.3) is 0 Å². The van der Waals surface area contributed by atoms with Gasteiger partial charge in [-0.15, -0.1) is 5.11 Å². The molecule has 0 radical (unpaired) electrons. The average molecular weight is 401 g/mol. The number of azo groups is 1. The molecule has 120 valence electrons. The fourth-order valence-electron chi connectivity index (χ4n) is 1.58. The minimum atomic E-state index is -4.39. The second-order valence-corrected chi connectivity index (χ2v) is 6.08. The molecule has 0 heterocycles. The molecule has 2 rings (SSSR count). The van der Waals surface area contributed by atoms with Gasteiger partial charge in [0.25, 0.3) is 10.1 Å². The minimum Gasteiger partial charge on any atom is -0.872 e. The smallest absolute Gasteiger partial charge is 0.872 e. The quantitative estimate of drug-likeness (QED) is 0.311. The average Bonchev–Trinajstić information content (AvgIpc) is 2.46. The molecule has 0 atom stereocenters. The van der Waals surface area contributed by atoms with E-state index in [0.29, 0.717) is 0 Å². The number of carboxylic acid groups (broad SMARTS) is 1. The summed E-state index contributed by atoms with van der Waals surface area (Å²) in [6.45, 7) is 0. The normalized spacial score (nSPS) is 10.8. The van der Waals surface area contributed by atoms with Crippen molar-refractivity contribution < 1.29 is 87.1 Å². The van der Waals surface area contributed by atoms with Crippen molar-refractivity contribution in [1.82, 2.24) is 0 Å². The summed E-state index contributed by atoms with van der Waals surface area (Å²) < 4.78 is 30.8. The Morgan fingerprint density at radius 2 is 1.72 bits per heavy atom. The predicted octanol–water partition coefficient (Wildman–Crippen LogP) is -4.55. The number of carbonyl (C=O) groups excluding carboxylic acids is 1. The summed E-state index contributed by atoms with van der Waals surface area (Å²) in [7, 11) is -4.39. The van der Waals surface area contributed by atoms with Crippen LogP contribution >= 0.6 is 11.6 Å². The van der Waals surface area contributed by atoms with Gasteiger partial charge in [-0.25, -0.2) is 0 Å². The minimum absolute atomic E-state index is 0. The van der Waals surface area contributed by atoms with Gasteiger partial charge in [0.15, 0.2) is 0 Å². The molecule has 0 spiro atoms. The van der Waals surface area contributed by atoms with Gasteiger partial charge in [0.05, 0.1) is 21.6 Å². The van der Waals surface area contributed by atoms with Gasteiger partial charge >= 0.3 is 59.1 Å². The van der Waals surface area contributed by atoms with Crippen molar-refractivity contribution in [3.8, 4) is 5.75 Å². The van der Waals surface area contributed by atoms with Gasteiger partial charge in [0.1, 0.15) is 5.69 Å². The number of aromatic carboxylic acids is 1. The molecule has 0 aliphatic rings.